The SMILES string of the molecule is CC(=O)c1ccccc1.CSc1ccc(C(=O)C(C)(C)N2CCOCC2)cc1. The number of Topliss-reactive ketones (excluding diaryl/α,β-unsaturated/α-hetero) is 2. The maximum Gasteiger partial charge on any atom is 0.182 e. The molecule has 2 aromatic carbocycles. The molecule has 0 radical (unpaired) electrons. The van der Waals surface area contributed by atoms with Gasteiger partial charge in [-0.3, -0.25) is 14.5 Å². The molecule has 0 amide bonds. The Bertz CT molecular complexity index is 766. The van der Waals surface area contributed by atoms with Gasteiger partial charge in [0.15, 0.2) is 11.6 Å². The van der Waals surface area contributed by atoms with Crippen LogP contribution in [0.3, 0.4) is 0 Å². The van der Waals surface area contributed by atoms with E-state index in [1.54, 1.807) is 18.7 Å². The van der Waals surface area contributed by atoms with E-state index in [2.05, 4.69) is 4.90 Å². The third kappa shape index (κ3) is 6.03. The van der Waals surface area contributed by atoms with Crippen LogP contribution in [0.1, 0.15) is 41.5 Å². The van der Waals surface area contributed by atoms with Crippen molar-refractivity contribution in [2.75, 3.05) is 32.6 Å². The largest absolute Gasteiger partial charge is 0.379 e. The van der Waals surface area contributed by atoms with E-state index in [-0.39, 0.29) is 11.6 Å². The zero-order valence-electron chi connectivity index (χ0n) is 17.1. The predicted molar refractivity (Wildman–Crippen MR) is 115 cm³/mol. The molecule has 5 heteroatoms. The molecule has 0 atom stereocenters. The van der Waals surface area contributed by atoms with Crippen LogP contribution >= 0.6 is 11.8 Å². The number of carbonyl (C=O) groups excluding carboxylic acids is 2. The fraction of sp³-hybridized carbons (Fsp3) is 0.391. The zero-order valence-corrected chi connectivity index (χ0v) is 17.9. The number of nitrogens with zero attached hydrogens (tertiary/aromatic N) is 1. The molecule has 0 unspecified atom stereocenters. The van der Waals surface area contributed by atoms with Crippen molar-refractivity contribution < 1.29 is 14.3 Å². The lowest BCUT2D eigenvalue weighted by Gasteiger charge is -2.39. The third-order valence-corrected chi connectivity index (χ3v) is 5.63. The molecule has 1 fully saturated rings. The minimum absolute atomic E-state index is 0.121. The summed E-state index contributed by atoms with van der Waals surface area (Å²) in [6, 6.07) is 17.1. The van der Waals surface area contributed by atoms with Gasteiger partial charge in [0.1, 0.15) is 0 Å². The number of ketones is 2. The number of ether oxygens (including phenoxy) is 1. The summed E-state index contributed by atoms with van der Waals surface area (Å²) < 4.78 is 5.35. The lowest BCUT2D eigenvalue weighted by Crippen LogP contribution is -2.54. The second kappa shape index (κ2) is 10.6. The van der Waals surface area contributed by atoms with Crippen LogP contribution in [0.15, 0.2) is 59.5 Å². The van der Waals surface area contributed by atoms with Gasteiger partial charge in [0.05, 0.1) is 18.8 Å². The van der Waals surface area contributed by atoms with Crippen LogP contribution in [-0.2, 0) is 4.74 Å². The normalized spacial score (nSPS) is 14.7. The molecule has 1 aliphatic rings. The van der Waals surface area contributed by atoms with Crippen LogP contribution in [0.2, 0.25) is 0 Å². The summed E-state index contributed by atoms with van der Waals surface area (Å²) in [5.74, 6) is 0.303. The van der Waals surface area contributed by atoms with Gasteiger partial charge in [0.25, 0.3) is 0 Å². The number of thioether (sulfide) groups is 1. The molecule has 150 valence electrons. The van der Waals surface area contributed by atoms with Crippen molar-refractivity contribution >= 4 is 23.3 Å². The molecule has 2 aromatic rings. The molecular weight excluding hydrogens is 370 g/mol. The van der Waals surface area contributed by atoms with Crippen molar-refractivity contribution in [2.45, 2.75) is 31.2 Å². The van der Waals surface area contributed by atoms with Crippen molar-refractivity contribution in [3.63, 3.8) is 0 Å². The summed E-state index contributed by atoms with van der Waals surface area (Å²) in [5.41, 5.74) is 1.09. The van der Waals surface area contributed by atoms with E-state index < -0.39 is 5.54 Å². The highest BCUT2D eigenvalue weighted by molar-refractivity contribution is 7.98. The summed E-state index contributed by atoms with van der Waals surface area (Å²) in [6.07, 6.45) is 2.04. The molecule has 4 nitrogen and oxygen atoms in total. The van der Waals surface area contributed by atoms with Crippen LogP contribution in [0.25, 0.3) is 0 Å². The molecule has 0 aromatic heterocycles. The van der Waals surface area contributed by atoms with Crippen LogP contribution in [-0.4, -0.2) is 54.6 Å². The molecule has 1 heterocycles. The average molecular weight is 400 g/mol. The Balaban J connectivity index is 0.000000261. The summed E-state index contributed by atoms with van der Waals surface area (Å²) in [7, 11) is 0. The van der Waals surface area contributed by atoms with E-state index in [0.29, 0.717) is 13.2 Å². The molecule has 0 bridgehead atoms. The van der Waals surface area contributed by atoms with E-state index in [1.807, 2.05) is 74.7 Å². The highest BCUT2D eigenvalue weighted by atomic mass is 32.2. The van der Waals surface area contributed by atoms with Gasteiger partial charge in [-0.25, -0.2) is 0 Å². The quantitative estimate of drug-likeness (QED) is 0.543. The Morgan fingerprint density at radius 3 is 1.96 bits per heavy atom. The number of hydrogen-bond donors (Lipinski definition) is 0. The maximum absolute atomic E-state index is 12.7. The second-order valence-electron chi connectivity index (χ2n) is 7.14. The first-order valence-electron chi connectivity index (χ1n) is 9.44. The van der Waals surface area contributed by atoms with Crippen molar-refractivity contribution in [2.24, 2.45) is 0 Å². The van der Waals surface area contributed by atoms with Crippen molar-refractivity contribution in [3.8, 4) is 0 Å². The van der Waals surface area contributed by atoms with E-state index in [1.165, 1.54) is 4.90 Å². The first kappa shape index (κ1) is 22.3. The van der Waals surface area contributed by atoms with Gasteiger partial charge < -0.3 is 4.74 Å². The standard InChI is InChI=1S/C15H21NO2S.C8H8O/c1-15(2,16-8-10-18-11-9-16)14(17)12-4-6-13(19-3)7-5-12;1-7(9)8-5-3-2-4-6-8/h4-7H,8-11H2,1-3H3;2-6H,1H3. The van der Waals surface area contributed by atoms with Gasteiger partial charge >= 0.3 is 0 Å². The predicted octanol–water partition coefficient (Wildman–Crippen LogP) is 4.59. The van der Waals surface area contributed by atoms with Gasteiger partial charge in [-0.1, -0.05) is 42.5 Å². The van der Waals surface area contributed by atoms with Gasteiger partial charge in [0.2, 0.25) is 0 Å². The third-order valence-electron chi connectivity index (χ3n) is 4.89. The first-order valence-corrected chi connectivity index (χ1v) is 10.7. The monoisotopic (exact) mass is 399 g/mol. The highest BCUT2D eigenvalue weighted by Gasteiger charge is 2.35. The van der Waals surface area contributed by atoms with E-state index in [0.717, 1.165) is 24.2 Å². The Kier molecular flexibility index (Phi) is 8.42. The van der Waals surface area contributed by atoms with E-state index in [9.17, 15) is 9.59 Å². The van der Waals surface area contributed by atoms with E-state index >= 15 is 0 Å². The molecule has 0 spiro atoms. The fourth-order valence-corrected chi connectivity index (χ4v) is 3.44. The molecular formula is C23H29NO3S. The highest BCUT2D eigenvalue weighted by Crippen LogP contribution is 2.23. The second-order valence-corrected chi connectivity index (χ2v) is 8.02. The number of hydrogen-bond acceptors (Lipinski definition) is 5. The van der Waals surface area contributed by atoms with Crippen LogP contribution in [0.4, 0.5) is 0 Å². The maximum atomic E-state index is 12.7. The molecule has 0 saturated carbocycles. The molecule has 1 saturated heterocycles. The summed E-state index contributed by atoms with van der Waals surface area (Å²) in [4.78, 5) is 26.7. The summed E-state index contributed by atoms with van der Waals surface area (Å²) in [6.45, 7) is 8.63. The Labute approximate surface area is 172 Å². The number of carbonyl (C=O) groups is 2. The minimum Gasteiger partial charge on any atom is -0.379 e. The van der Waals surface area contributed by atoms with Crippen molar-refractivity contribution in [1.82, 2.24) is 4.90 Å². The smallest absolute Gasteiger partial charge is 0.182 e. The van der Waals surface area contributed by atoms with Gasteiger partial charge in [0, 0.05) is 29.1 Å². The molecule has 0 aliphatic carbocycles. The van der Waals surface area contributed by atoms with Gasteiger partial charge in [-0.15, -0.1) is 11.8 Å². The average Bonchev–Trinajstić information content (AvgIpc) is 2.75. The van der Waals surface area contributed by atoms with Gasteiger partial charge in [-0.2, -0.15) is 0 Å². The van der Waals surface area contributed by atoms with Gasteiger partial charge in [-0.05, 0) is 39.2 Å². The number of rotatable bonds is 5. The Hall–Kier alpha value is -1.95. The number of morpholine rings is 1. The van der Waals surface area contributed by atoms with Crippen LogP contribution < -0.4 is 0 Å². The first-order chi connectivity index (χ1) is 13.4. The molecule has 28 heavy (non-hydrogen) atoms. The van der Waals surface area contributed by atoms with Crippen molar-refractivity contribution in [3.05, 3.63) is 65.7 Å². The fourth-order valence-electron chi connectivity index (χ4n) is 3.03. The summed E-state index contributed by atoms with van der Waals surface area (Å²) >= 11 is 1.69. The Morgan fingerprint density at radius 2 is 1.50 bits per heavy atom. The van der Waals surface area contributed by atoms with Crippen LogP contribution in [0, 0.1) is 0 Å². The van der Waals surface area contributed by atoms with Crippen molar-refractivity contribution in [1.29, 1.82) is 0 Å². The summed E-state index contributed by atoms with van der Waals surface area (Å²) in [5, 5.41) is 0. The lowest BCUT2D eigenvalue weighted by molar-refractivity contribution is -0.00430. The van der Waals surface area contributed by atoms with E-state index in [4.69, 9.17) is 4.74 Å². The zero-order chi connectivity index (χ0) is 20.6. The minimum atomic E-state index is -0.468. The number of benzene rings is 2. The molecule has 1 aliphatic heterocycles. The topological polar surface area (TPSA) is 46.6 Å². The lowest BCUT2D eigenvalue weighted by atomic mass is 9.91. The Morgan fingerprint density at radius 1 is 0.929 bits per heavy atom. The molecule has 3 rings (SSSR count). The molecule has 0 N–H and O–H groups in total. The van der Waals surface area contributed by atoms with Crippen LogP contribution in [0.5, 0.6) is 0 Å².